The molecule has 0 unspecified atom stereocenters. The highest BCUT2D eigenvalue weighted by Gasteiger charge is 2.15. The lowest BCUT2D eigenvalue weighted by Crippen LogP contribution is -1.99. The van der Waals surface area contributed by atoms with Crippen molar-refractivity contribution in [3.8, 4) is 6.07 Å². The lowest BCUT2D eigenvalue weighted by Gasteiger charge is -2.15. The first-order valence-corrected chi connectivity index (χ1v) is 10.4. The van der Waals surface area contributed by atoms with Gasteiger partial charge in [-0.2, -0.15) is 5.26 Å². The van der Waals surface area contributed by atoms with E-state index < -0.39 is 0 Å². The summed E-state index contributed by atoms with van der Waals surface area (Å²) in [5.74, 6) is 1.05. The molecule has 0 bridgehead atoms. The SMILES string of the molecule is CC/C=C(\c1cc(C#N)c(C)cc1C)c1cncc(N)c1Cl.CC1CCCC1. The van der Waals surface area contributed by atoms with Crippen LogP contribution in [-0.4, -0.2) is 4.98 Å². The number of allylic oxidation sites excluding steroid dienone is 1. The van der Waals surface area contributed by atoms with E-state index in [0.717, 1.165) is 40.2 Å². The van der Waals surface area contributed by atoms with Gasteiger partial charge in [-0.05, 0) is 54.5 Å². The molecule has 0 amide bonds. The zero-order chi connectivity index (χ0) is 20.7. The van der Waals surface area contributed by atoms with Gasteiger partial charge in [0.15, 0.2) is 0 Å². The van der Waals surface area contributed by atoms with Gasteiger partial charge in [0, 0.05) is 11.8 Å². The molecule has 0 atom stereocenters. The molecule has 3 nitrogen and oxygen atoms in total. The van der Waals surface area contributed by atoms with Gasteiger partial charge in [0.05, 0.1) is 28.5 Å². The fourth-order valence-corrected chi connectivity index (χ4v) is 3.81. The Morgan fingerprint density at radius 2 is 1.89 bits per heavy atom. The van der Waals surface area contributed by atoms with Gasteiger partial charge in [-0.3, -0.25) is 4.98 Å². The maximum absolute atomic E-state index is 9.29. The molecule has 0 aliphatic heterocycles. The smallest absolute Gasteiger partial charge is 0.0994 e. The van der Waals surface area contributed by atoms with Crippen LogP contribution in [0.4, 0.5) is 5.69 Å². The second-order valence-electron chi connectivity index (χ2n) is 7.60. The lowest BCUT2D eigenvalue weighted by atomic mass is 9.91. The van der Waals surface area contributed by atoms with Crippen LogP contribution in [0, 0.1) is 31.1 Å². The van der Waals surface area contributed by atoms with Crippen molar-refractivity contribution in [3.63, 3.8) is 0 Å². The predicted molar refractivity (Wildman–Crippen MR) is 119 cm³/mol. The molecule has 1 aromatic heterocycles. The Kier molecular flexibility index (Phi) is 8.08. The molecule has 1 fully saturated rings. The van der Waals surface area contributed by atoms with E-state index >= 15 is 0 Å². The molecule has 28 heavy (non-hydrogen) atoms. The van der Waals surface area contributed by atoms with Crippen LogP contribution in [0.15, 0.2) is 30.6 Å². The summed E-state index contributed by atoms with van der Waals surface area (Å²) >= 11 is 6.36. The third-order valence-corrected chi connectivity index (χ3v) is 5.65. The number of halogens is 1. The molecule has 4 heteroatoms. The van der Waals surface area contributed by atoms with Crippen molar-refractivity contribution < 1.29 is 0 Å². The molecule has 0 spiro atoms. The molecule has 3 rings (SSSR count). The number of nitrogens with two attached hydrogens (primary N) is 1. The number of rotatable bonds is 3. The highest BCUT2D eigenvalue weighted by molar-refractivity contribution is 6.35. The first-order chi connectivity index (χ1) is 13.4. The van der Waals surface area contributed by atoms with Crippen molar-refractivity contribution in [3.05, 3.63) is 63.4 Å². The van der Waals surface area contributed by atoms with Crippen LogP contribution in [0.5, 0.6) is 0 Å². The molecule has 0 saturated heterocycles. The Morgan fingerprint density at radius 3 is 2.43 bits per heavy atom. The van der Waals surface area contributed by atoms with Crippen molar-refractivity contribution in [2.45, 2.75) is 59.8 Å². The maximum atomic E-state index is 9.29. The summed E-state index contributed by atoms with van der Waals surface area (Å²) in [5, 5.41) is 9.78. The fourth-order valence-electron chi connectivity index (χ4n) is 3.61. The number of nitrogen functional groups attached to an aromatic ring is 1. The summed E-state index contributed by atoms with van der Waals surface area (Å²) in [6, 6.07) is 6.16. The monoisotopic (exact) mass is 395 g/mol. The van der Waals surface area contributed by atoms with E-state index in [9.17, 15) is 5.26 Å². The van der Waals surface area contributed by atoms with Gasteiger partial charge in [0.25, 0.3) is 0 Å². The third-order valence-electron chi connectivity index (χ3n) is 5.23. The van der Waals surface area contributed by atoms with E-state index in [2.05, 4.69) is 31.0 Å². The van der Waals surface area contributed by atoms with Crippen LogP contribution in [0.1, 0.15) is 73.8 Å². The first-order valence-electron chi connectivity index (χ1n) is 10.00. The summed E-state index contributed by atoms with van der Waals surface area (Å²) in [5.41, 5.74) is 11.8. The van der Waals surface area contributed by atoms with E-state index in [1.807, 2.05) is 26.0 Å². The summed E-state index contributed by atoms with van der Waals surface area (Å²) < 4.78 is 0. The number of aromatic nitrogens is 1. The van der Waals surface area contributed by atoms with Gasteiger partial charge in [-0.25, -0.2) is 0 Å². The van der Waals surface area contributed by atoms with Crippen molar-refractivity contribution in [1.82, 2.24) is 4.98 Å². The minimum atomic E-state index is 0.450. The minimum Gasteiger partial charge on any atom is -0.396 e. The maximum Gasteiger partial charge on any atom is 0.0994 e. The van der Waals surface area contributed by atoms with Crippen molar-refractivity contribution in [2.24, 2.45) is 5.92 Å². The van der Waals surface area contributed by atoms with Crippen molar-refractivity contribution in [1.29, 1.82) is 5.26 Å². The van der Waals surface area contributed by atoms with Crippen molar-refractivity contribution in [2.75, 3.05) is 5.73 Å². The second-order valence-corrected chi connectivity index (χ2v) is 7.98. The van der Waals surface area contributed by atoms with Crippen LogP contribution in [0.3, 0.4) is 0 Å². The largest absolute Gasteiger partial charge is 0.396 e. The number of aryl methyl sites for hydroxylation is 2. The van der Waals surface area contributed by atoms with Gasteiger partial charge in [0.2, 0.25) is 0 Å². The predicted octanol–water partition coefficient (Wildman–Crippen LogP) is 6.84. The summed E-state index contributed by atoms with van der Waals surface area (Å²) in [6.45, 7) is 8.36. The standard InChI is InChI=1S/C18H18ClN3.C6H12/c1-4-5-14(16-9-22-10-17(21)18(16)19)15-7-13(8-20)11(2)6-12(15)3;1-6-4-2-3-5-6/h5-7,9-10H,4,21H2,1-3H3;6H,2-5H2,1H3/b14-5+;. The molecule has 1 aromatic carbocycles. The zero-order valence-corrected chi connectivity index (χ0v) is 18.1. The highest BCUT2D eigenvalue weighted by atomic mass is 35.5. The molecule has 1 aliphatic rings. The topological polar surface area (TPSA) is 62.7 Å². The number of pyridine rings is 1. The average molecular weight is 396 g/mol. The Balaban J connectivity index is 0.000000397. The quantitative estimate of drug-likeness (QED) is 0.618. The van der Waals surface area contributed by atoms with E-state index in [1.54, 1.807) is 6.20 Å². The fraction of sp³-hybridized carbons (Fsp3) is 0.417. The van der Waals surface area contributed by atoms with Gasteiger partial charge in [-0.15, -0.1) is 0 Å². The number of benzene rings is 1. The van der Waals surface area contributed by atoms with E-state index in [4.69, 9.17) is 17.3 Å². The second kappa shape index (κ2) is 10.3. The van der Waals surface area contributed by atoms with Crippen LogP contribution in [0.25, 0.3) is 5.57 Å². The average Bonchev–Trinajstić information content (AvgIpc) is 3.14. The van der Waals surface area contributed by atoms with Crippen LogP contribution in [0.2, 0.25) is 5.02 Å². The van der Waals surface area contributed by atoms with Gasteiger partial charge in [-0.1, -0.05) is 63.3 Å². The van der Waals surface area contributed by atoms with E-state index in [-0.39, 0.29) is 0 Å². The number of nitriles is 1. The molecule has 1 heterocycles. The number of hydrogen-bond acceptors (Lipinski definition) is 3. The third kappa shape index (κ3) is 5.36. The first kappa shape index (κ1) is 22.0. The van der Waals surface area contributed by atoms with Gasteiger partial charge < -0.3 is 5.73 Å². The lowest BCUT2D eigenvalue weighted by molar-refractivity contribution is 0.612. The van der Waals surface area contributed by atoms with Crippen LogP contribution < -0.4 is 5.73 Å². The molecular formula is C24H30ClN3. The molecule has 1 aliphatic carbocycles. The molecule has 1 saturated carbocycles. The van der Waals surface area contributed by atoms with E-state index in [1.165, 1.54) is 31.9 Å². The number of hydrogen-bond donors (Lipinski definition) is 1. The van der Waals surface area contributed by atoms with Gasteiger partial charge >= 0.3 is 0 Å². The van der Waals surface area contributed by atoms with Gasteiger partial charge in [0.1, 0.15) is 0 Å². The highest BCUT2D eigenvalue weighted by Crippen LogP contribution is 2.34. The minimum absolute atomic E-state index is 0.450. The Labute approximate surface area is 174 Å². The van der Waals surface area contributed by atoms with E-state index in [0.29, 0.717) is 16.3 Å². The van der Waals surface area contributed by atoms with Crippen molar-refractivity contribution >= 4 is 22.9 Å². The van der Waals surface area contributed by atoms with Crippen LogP contribution >= 0.6 is 11.6 Å². The number of nitrogens with zero attached hydrogens (tertiary/aromatic N) is 2. The number of anilines is 1. The molecular weight excluding hydrogens is 366 g/mol. The normalized spacial score (nSPS) is 14.4. The van der Waals surface area contributed by atoms with Crippen LogP contribution in [-0.2, 0) is 0 Å². The molecule has 2 N–H and O–H groups in total. The summed E-state index contributed by atoms with van der Waals surface area (Å²) in [4.78, 5) is 4.15. The molecule has 0 radical (unpaired) electrons. The zero-order valence-electron chi connectivity index (χ0n) is 17.3. The molecule has 2 aromatic rings. The Bertz CT molecular complexity index is 887. The molecule has 148 valence electrons. The summed E-state index contributed by atoms with van der Waals surface area (Å²) in [7, 11) is 0. The summed E-state index contributed by atoms with van der Waals surface area (Å²) in [6.07, 6.45) is 12.1. The Morgan fingerprint density at radius 1 is 1.21 bits per heavy atom. The Hall–Kier alpha value is -2.31.